The predicted octanol–water partition coefficient (Wildman–Crippen LogP) is 3.21. The minimum Gasteiger partial charge on any atom is -0.454 e. The van der Waals surface area contributed by atoms with Crippen molar-refractivity contribution in [3.63, 3.8) is 0 Å². The molecule has 0 aromatic heterocycles. The van der Waals surface area contributed by atoms with E-state index in [0.29, 0.717) is 11.3 Å². The van der Waals surface area contributed by atoms with Crippen LogP contribution < -0.4 is 4.74 Å². The van der Waals surface area contributed by atoms with E-state index in [1.807, 2.05) is 0 Å². The molecule has 1 N–H and O–H groups in total. The lowest BCUT2D eigenvalue weighted by molar-refractivity contribution is 0.0682. The van der Waals surface area contributed by atoms with E-state index in [-0.39, 0.29) is 24.3 Å². The Balaban J connectivity index is 2.12. The lowest BCUT2D eigenvalue weighted by Crippen LogP contribution is -2.37. The van der Waals surface area contributed by atoms with Gasteiger partial charge in [0.1, 0.15) is 11.6 Å². The Morgan fingerprint density at radius 1 is 1.22 bits per heavy atom. The second-order valence-corrected chi connectivity index (χ2v) is 5.15. The molecular weight excluding hydrogens is 304 g/mol. The first kappa shape index (κ1) is 16.9. The van der Waals surface area contributed by atoms with Crippen LogP contribution in [-0.2, 0) is 0 Å². The number of rotatable bonds is 5. The Morgan fingerprint density at radius 2 is 1.87 bits per heavy atom. The predicted molar refractivity (Wildman–Crippen MR) is 81.5 cm³/mol. The van der Waals surface area contributed by atoms with Crippen LogP contribution in [0.5, 0.6) is 11.5 Å². The third kappa shape index (κ3) is 4.04. The Hall–Kier alpha value is -2.47. The molecule has 0 saturated heterocycles. The minimum absolute atomic E-state index is 0.100. The van der Waals surface area contributed by atoms with Crippen LogP contribution in [0.4, 0.5) is 8.78 Å². The van der Waals surface area contributed by atoms with Gasteiger partial charge >= 0.3 is 0 Å². The number of amides is 1. The average Bonchev–Trinajstić information content (AvgIpc) is 2.56. The van der Waals surface area contributed by atoms with Gasteiger partial charge in [-0.25, -0.2) is 8.78 Å². The molecule has 4 nitrogen and oxygen atoms in total. The summed E-state index contributed by atoms with van der Waals surface area (Å²) in [6.07, 6.45) is 0. The van der Waals surface area contributed by atoms with Crippen molar-refractivity contribution in [2.24, 2.45) is 0 Å². The molecule has 122 valence electrons. The first-order valence-electron chi connectivity index (χ1n) is 7.03. The molecule has 0 fully saturated rings. The minimum atomic E-state index is -0.804. The largest absolute Gasteiger partial charge is 0.454 e. The highest BCUT2D eigenvalue weighted by Gasteiger charge is 2.16. The fourth-order valence-electron chi connectivity index (χ4n) is 1.88. The molecule has 23 heavy (non-hydrogen) atoms. The van der Waals surface area contributed by atoms with Gasteiger partial charge in [0.2, 0.25) is 0 Å². The van der Waals surface area contributed by atoms with Crippen LogP contribution in [0.1, 0.15) is 17.3 Å². The zero-order valence-corrected chi connectivity index (χ0v) is 12.8. The summed E-state index contributed by atoms with van der Waals surface area (Å²) in [6, 6.07) is 8.85. The lowest BCUT2D eigenvalue weighted by Gasteiger charge is -2.23. The van der Waals surface area contributed by atoms with Crippen LogP contribution in [0, 0.1) is 11.6 Å². The normalized spacial score (nSPS) is 11.9. The van der Waals surface area contributed by atoms with Gasteiger partial charge in [0.05, 0.1) is 12.6 Å². The third-order valence-corrected chi connectivity index (χ3v) is 3.47. The maximum absolute atomic E-state index is 13.5. The van der Waals surface area contributed by atoms with Gasteiger partial charge in [-0.05, 0) is 43.3 Å². The summed E-state index contributed by atoms with van der Waals surface area (Å²) in [4.78, 5) is 13.6. The molecule has 0 aliphatic heterocycles. The van der Waals surface area contributed by atoms with E-state index >= 15 is 0 Å². The number of likely N-dealkylation sites (N-methyl/N-ethyl adjacent to an activating group) is 1. The van der Waals surface area contributed by atoms with E-state index in [9.17, 15) is 13.6 Å². The number of hydrogen-bond acceptors (Lipinski definition) is 3. The van der Waals surface area contributed by atoms with Crippen LogP contribution in [0.25, 0.3) is 0 Å². The molecule has 0 saturated carbocycles. The number of carbonyl (C=O) groups excluding carboxylic acids is 1. The quantitative estimate of drug-likeness (QED) is 0.920. The number of carbonyl (C=O) groups is 1. The van der Waals surface area contributed by atoms with Crippen molar-refractivity contribution in [3.05, 3.63) is 59.7 Å². The maximum atomic E-state index is 13.5. The number of nitrogens with zero attached hydrogens (tertiary/aromatic N) is 1. The highest BCUT2D eigenvalue weighted by Crippen LogP contribution is 2.25. The van der Waals surface area contributed by atoms with Gasteiger partial charge < -0.3 is 14.7 Å². The highest BCUT2D eigenvalue weighted by molar-refractivity contribution is 5.94. The van der Waals surface area contributed by atoms with Gasteiger partial charge in [0.25, 0.3) is 5.91 Å². The van der Waals surface area contributed by atoms with Gasteiger partial charge in [-0.1, -0.05) is 0 Å². The first-order valence-corrected chi connectivity index (χ1v) is 7.03. The Kier molecular flexibility index (Phi) is 5.28. The van der Waals surface area contributed by atoms with Crippen molar-refractivity contribution in [1.29, 1.82) is 0 Å². The van der Waals surface area contributed by atoms with Crippen LogP contribution in [0.15, 0.2) is 42.5 Å². The van der Waals surface area contributed by atoms with Crippen LogP contribution in [0.2, 0.25) is 0 Å². The number of hydrogen-bond donors (Lipinski definition) is 1. The van der Waals surface area contributed by atoms with Gasteiger partial charge in [-0.3, -0.25) is 4.79 Å². The number of benzene rings is 2. The van der Waals surface area contributed by atoms with E-state index in [1.54, 1.807) is 26.1 Å². The standard InChI is InChI=1S/C17H17F2NO3/c1-11(10-21)20(2)17(22)12-3-6-14(7-4-12)23-16-8-5-13(18)9-15(16)19/h3-9,11,21H,10H2,1-2H3. The maximum Gasteiger partial charge on any atom is 0.253 e. The van der Waals surface area contributed by atoms with Crippen molar-refractivity contribution >= 4 is 5.91 Å². The fraction of sp³-hybridized carbons (Fsp3) is 0.235. The number of aliphatic hydroxyl groups excluding tert-OH is 1. The van der Waals surface area contributed by atoms with Crippen molar-refractivity contribution in [1.82, 2.24) is 4.90 Å². The lowest BCUT2D eigenvalue weighted by atomic mass is 10.1. The van der Waals surface area contributed by atoms with Crippen LogP contribution in [0.3, 0.4) is 0 Å². The van der Waals surface area contributed by atoms with Gasteiger partial charge in [0, 0.05) is 18.7 Å². The summed E-state index contributed by atoms with van der Waals surface area (Å²) in [5, 5.41) is 9.08. The fourth-order valence-corrected chi connectivity index (χ4v) is 1.88. The highest BCUT2D eigenvalue weighted by atomic mass is 19.1. The van der Waals surface area contributed by atoms with Crippen molar-refractivity contribution in [2.45, 2.75) is 13.0 Å². The van der Waals surface area contributed by atoms with Gasteiger partial charge in [-0.2, -0.15) is 0 Å². The van der Waals surface area contributed by atoms with Gasteiger partial charge in [0.15, 0.2) is 11.6 Å². The molecule has 1 unspecified atom stereocenters. The van der Waals surface area contributed by atoms with Crippen molar-refractivity contribution < 1.29 is 23.4 Å². The summed E-state index contributed by atoms with van der Waals surface area (Å²) in [6.45, 7) is 1.60. The van der Waals surface area contributed by atoms with Gasteiger partial charge in [-0.15, -0.1) is 0 Å². The molecule has 0 spiro atoms. The smallest absolute Gasteiger partial charge is 0.253 e. The topological polar surface area (TPSA) is 49.8 Å². The number of halogens is 2. The number of aliphatic hydroxyl groups is 1. The molecule has 0 radical (unpaired) electrons. The SMILES string of the molecule is CC(CO)N(C)C(=O)c1ccc(Oc2ccc(F)cc2F)cc1. The summed E-state index contributed by atoms with van der Waals surface area (Å²) in [7, 11) is 1.60. The third-order valence-electron chi connectivity index (χ3n) is 3.47. The second-order valence-electron chi connectivity index (χ2n) is 5.15. The molecule has 2 aromatic rings. The van der Waals surface area contributed by atoms with Crippen LogP contribution in [-0.4, -0.2) is 35.6 Å². The van der Waals surface area contributed by atoms with E-state index in [2.05, 4.69) is 0 Å². The molecule has 0 heterocycles. The van der Waals surface area contributed by atoms with E-state index in [1.165, 1.54) is 23.1 Å². The second kappa shape index (κ2) is 7.19. The Bertz CT molecular complexity index is 689. The molecule has 0 aliphatic carbocycles. The van der Waals surface area contributed by atoms with E-state index < -0.39 is 11.6 Å². The molecule has 2 aromatic carbocycles. The summed E-state index contributed by atoms with van der Waals surface area (Å²) >= 11 is 0. The molecule has 0 aliphatic rings. The molecule has 1 atom stereocenters. The first-order chi connectivity index (χ1) is 10.9. The zero-order valence-electron chi connectivity index (χ0n) is 12.8. The zero-order chi connectivity index (χ0) is 17.0. The molecular formula is C17H17F2NO3. The monoisotopic (exact) mass is 321 g/mol. The molecule has 0 bridgehead atoms. The van der Waals surface area contributed by atoms with E-state index in [0.717, 1.165) is 12.1 Å². The summed E-state index contributed by atoms with van der Waals surface area (Å²) in [5.41, 5.74) is 0.416. The molecule has 6 heteroatoms. The van der Waals surface area contributed by atoms with Crippen LogP contribution >= 0.6 is 0 Å². The summed E-state index contributed by atoms with van der Waals surface area (Å²) < 4.78 is 31.7. The molecule has 2 rings (SSSR count). The van der Waals surface area contributed by atoms with Crippen molar-refractivity contribution in [2.75, 3.05) is 13.7 Å². The number of ether oxygens (including phenoxy) is 1. The Labute approximate surface area is 132 Å². The van der Waals surface area contributed by atoms with Crippen molar-refractivity contribution in [3.8, 4) is 11.5 Å². The Morgan fingerprint density at radius 3 is 2.43 bits per heavy atom. The average molecular weight is 321 g/mol. The summed E-state index contributed by atoms with van der Waals surface area (Å²) in [5.74, 6) is -1.51. The molecule has 1 amide bonds. The van der Waals surface area contributed by atoms with E-state index in [4.69, 9.17) is 9.84 Å².